The first-order valence-corrected chi connectivity index (χ1v) is 15.1. The van der Waals surface area contributed by atoms with E-state index in [1.54, 1.807) is 0 Å². The van der Waals surface area contributed by atoms with Crippen LogP contribution in [0, 0.1) is 33.4 Å². The molecule has 0 saturated heterocycles. The summed E-state index contributed by atoms with van der Waals surface area (Å²) < 4.78 is 71.0. The topological polar surface area (TPSA) is 146 Å². The van der Waals surface area contributed by atoms with Gasteiger partial charge >= 0.3 is 11.2 Å². The van der Waals surface area contributed by atoms with Crippen molar-refractivity contribution in [3.8, 4) is 45.3 Å². The van der Waals surface area contributed by atoms with Crippen LogP contribution in [0.25, 0.3) is 44.1 Å². The van der Waals surface area contributed by atoms with E-state index >= 15 is 8.78 Å². The Morgan fingerprint density at radius 1 is 0.725 bits per heavy atom. The third-order valence-electron chi connectivity index (χ3n) is 7.98. The molecule has 0 spiro atoms. The summed E-state index contributed by atoms with van der Waals surface area (Å²) in [5, 5.41) is 30.3. The fourth-order valence-corrected chi connectivity index (χ4v) is 6.17. The smallest absolute Gasteiger partial charge is 0.375 e. The molecule has 0 aliphatic carbocycles. The second-order valence-electron chi connectivity index (χ2n) is 10.8. The van der Waals surface area contributed by atoms with Gasteiger partial charge in [-0.25, -0.2) is 17.6 Å². The van der Waals surface area contributed by atoms with Gasteiger partial charge in [-0.1, -0.05) is 35.3 Å². The van der Waals surface area contributed by atoms with E-state index in [0.29, 0.717) is 4.57 Å². The second-order valence-corrected chi connectivity index (χ2v) is 11.6. The van der Waals surface area contributed by atoms with Crippen molar-refractivity contribution in [1.29, 1.82) is 0 Å². The van der Waals surface area contributed by atoms with Gasteiger partial charge in [0.2, 0.25) is 5.75 Å². The first kappa shape index (κ1) is 36.5. The van der Waals surface area contributed by atoms with Gasteiger partial charge < -0.3 is 28.8 Å². The van der Waals surface area contributed by atoms with Crippen molar-refractivity contribution >= 4 is 50.7 Å². The van der Waals surface area contributed by atoms with E-state index in [2.05, 4.69) is 0 Å². The molecule has 0 saturated carbocycles. The van der Waals surface area contributed by atoms with E-state index in [-0.39, 0.29) is 54.5 Å². The monoisotopic (exact) mass is 747 g/mol. The Hall–Kier alpha value is -5.80. The summed E-state index contributed by atoms with van der Waals surface area (Å²) in [6.45, 7) is 0. The molecule has 4 aromatic carbocycles. The Bertz CT molecular complexity index is 2560. The zero-order valence-electron chi connectivity index (χ0n) is 26.6. The van der Waals surface area contributed by atoms with Crippen molar-refractivity contribution < 1.29 is 42.2 Å². The largest absolute Gasteiger partial charge is 0.507 e. The maximum absolute atomic E-state index is 15.3. The number of aryl methyl sites for hydroxylation is 2. The zero-order valence-corrected chi connectivity index (χ0v) is 28.2. The van der Waals surface area contributed by atoms with E-state index in [0.717, 1.165) is 35.9 Å². The lowest BCUT2D eigenvalue weighted by Crippen LogP contribution is -2.21. The number of ether oxygens (including phenoxy) is 2. The molecule has 0 radical (unpaired) electrons. The highest BCUT2D eigenvalue weighted by Gasteiger charge is 2.30. The molecule has 0 aliphatic heterocycles. The van der Waals surface area contributed by atoms with Gasteiger partial charge in [0.15, 0.2) is 11.6 Å². The molecule has 264 valence electrons. The van der Waals surface area contributed by atoms with Crippen LogP contribution in [-0.2, 0) is 14.1 Å². The highest BCUT2D eigenvalue weighted by atomic mass is 35.5. The van der Waals surface area contributed by atoms with Crippen LogP contribution in [0.4, 0.5) is 23.2 Å². The number of nitrogens with zero attached hydrogens (tertiary/aromatic N) is 3. The molecular formula is C34H23Cl2F4N3O8. The van der Waals surface area contributed by atoms with E-state index in [4.69, 9.17) is 32.7 Å². The normalized spacial score (nSPS) is 11.0. The van der Waals surface area contributed by atoms with Crippen molar-refractivity contribution in [1.82, 2.24) is 9.13 Å². The van der Waals surface area contributed by atoms with Crippen molar-refractivity contribution in [2.75, 3.05) is 14.2 Å². The number of nitro groups is 1. The molecule has 0 aliphatic rings. The van der Waals surface area contributed by atoms with E-state index in [1.807, 2.05) is 0 Å². The zero-order chi connectivity index (χ0) is 37.6. The van der Waals surface area contributed by atoms with Gasteiger partial charge in [0.05, 0.1) is 56.7 Å². The molecule has 0 atom stereocenters. The van der Waals surface area contributed by atoms with Crippen LogP contribution in [0.1, 0.15) is 0 Å². The minimum Gasteiger partial charge on any atom is -0.507 e. The molecule has 51 heavy (non-hydrogen) atoms. The molecular weight excluding hydrogens is 725 g/mol. The highest BCUT2D eigenvalue weighted by Crippen LogP contribution is 2.45. The molecule has 17 heteroatoms. The number of pyridine rings is 2. The maximum Gasteiger partial charge on any atom is 0.375 e. The molecule has 6 rings (SSSR count). The molecule has 0 fully saturated rings. The lowest BCUT2D eigenvalue weighted by Gasteiger charge is -2.15. The average Bonchev–Trinajstić information content (AvgIpc) is 3.07. The predicted molar refractivity (Wildman–Crippen MR) is 182 cm³/mol. The van der Waals surface area contributed by atoms with Crippen LogP contribution >= 0.6 is 23.2 Å². The first-order chi connectivity index (χ1) is 24.1. The van der Waals surface area contributed by atoms with Crippen molar-refractivity contribution in [3.63, 3.8) is 0 Å². The van der Waals surface area contributed by atoms with Crippen LogP contribution < -0.4 is 20.6 Å². The average molecular weight is 748 g/mol. The number of halogens is 6. The lowest BCUT2D eigenvalue weighted by molar-refractivity contribution is -0.387. The SMILES string of the molecule is COc1cccc(F)c1-c1c(Cl)cc2c(O)c([N+](=O)[O-])c(=O)n(C)c2c1F.COc1cccc(F)c1-c1c(Cl)cc2c(O)cc(=O)n(C)c2c1F. The molecule has 2 aromatic heterocycles. The van der Waals surface area contributed by atoms with E-state index in [1.165, 1.54) is 51.6 Å². The predicted octanol–water partition coefficient (Wildman–Crippen LogP) is 7.61. The van der Waals surface area contributed by atoms with Gasteiger partial charge in [-0.2, -0.15) is 0 Å². The number of methoxy groups -OCH3 is 2. The summed E-state index contributed by atoms with van der Waals surface area (Å²) in [5.41, 5.74) is -4.66. The Kier molecular flexibility index (Phi) is 9.90. The van der Waals surface area contributed by atoms with Crippen molar-refractivity contribution in [2.45, 2.75) is 0 Å². The number of hydrogen-bond donors (Lipinski definition) is 2. The van der Waals surface area contributed by atoms with E-state index < -0.39 is 67.6 Å². The third kappa shape index (κ3) is 6.04. The van der Waals surface area contributed by atoms with Crippen molar-refractivity contribution in [3.05, 3.63) is 119 Å². The molecule has 0 amide bonds. The van der Waals surface area contributed by atoms with Gasteiger partial charge in [0.1, 0.15) is 28.9 Å². The molecule has 2 heterocycles. The van der Waals surface area contributed by atoms with Gasteiger partial charge in [0.25, 0.3) is 5.56 Å². The van der Waals surface area contributed by atoms with Gasteiger partial charge in [-0.05, 0) is 36.4 Å². The summed E-state index contributed by atoms with van der Waals surface area (Å²) >= 11 is 12.3. The summed E-state index contributed by atoms with van der Waals surface area (Å²) in [7, 11) is 5.03. The quantitative estimate of drug-likeness (QED) is 0.104. The maximum atomic E-state index is 15.3. The molecule has 0 unspecified atom stereocenters. The lowest BCUT2D eigenvalue weighted by atomic mass is 10.00. The Morgan fingerprint density at radius 3 is 1.63 bits per heavy atom. The summed E-state index contributed by atoms with van der Waals surface area (Å²) in [4.78, 5) is 34.0. The molecule has 6 aromatic rings. The fraction of sp³-hybridized carbons (Fsp3) is 0.118. The number of aromatic hydroxyl groups is 2. The van der Waals surface area contributed by atoms with Gasteiger partial charge in [0, 0.05) is 36.7 Å². The van der Waals surface area contributed by atoms with Crippen LogP contribution in [-0.4, -0.2) is 38.5 Å². The second kappa shape index (κ2) is 13.8. The Morgan fingerprint density at radius 2 is 1.18 bits per heavy atom. The number of fused-ring (bicyclic) bond motifs is 2. The highest BCUT2D eigenvalue weighted by molar-refractivity contribution is 6.35. The van der Waals surface area contributed by atoms with E-state index in [9.17, 15) is 38.7 Å². The number of aromatic nitrogens is 2. The fourth-order valence-electron chi connectivity index (χ4n) is 5.60. The Labute approximate surface area is 293 Å². The van der Waals surface area contributed by atoms with Gasteiger partial charge in [-0.3, -0.25) is 19.7 Å². The molecule has 0 bridgehead atoms. The van der Waals surface area contributed by atoms with Crippen LogP contribution in [0.5, 0.6) is 23.0 Å². The number of benzene rings is 4. The Balaban J connectivity index is 0.000000199. The molecule has 11 nitrogen and oxygen atoms in total. The first-order valence-electron chi connectivity index (χ1n) is 14.3. The van der Waals surface area contributed by atoms with Gasteiger partial charge in [-0.15, -0.1) is 0 Å². The van der Waals surface area contributed by atoms with Crippen molar-refractivity contribution in [2.24, 2.45) is 14.1 Å². The minimum atomic E-state index is -1.22. The van der Waals surface area contributed by atoms with Crippen LogP contribution in [0.2, 0.25) is 10.0 Å². The standard InChI is InChI=1S/C17H11ClF2N2O5.C17H12ClF2NO3/c1-21-14-7(16(23)15(17(21)24)22(25)26)6-8(18)11(13(14)20)12-9(19)4-3-5-10(12)27-2;1-21-13(23)7-11(22)8-6-9(18)14(16(20)17(8)21)15-10(19)4-3-5-12(15)24-2/h3-6,23H,1-2H3;3-7,22H,1-2H3. The van der Waals surface area contributed by atoms with Crippen LogP contribution in [0.3, 0.4) is 0 Å². The summed E-state index contributed by atoms with van der Waals surface area (Å²) in [6, 6.07) is 11.1. The number of hydrogen-bond acceptors (Lipinski definition) is 8. The summed E-state index contributed by atoms with van der Waals surface area (Å²) in [5.74, 6) is -4.94. The summed E-state index contributed by atoms with van der Waals surface area (Å²) in [6.07, 6.45) is 0. The third-order valence-corrected chi connectivity index (χ3v) is 8.58. The molecule has 2 N–H and O–H groups in total. The van der Waals surface area contributed by atoms with Crippen LogP contribution in [0.15, 0.2) is 64.2 Å². The number of rotatable bonds is 5. The minimum absolute atomic E-state index is 0.00807.